The zero-order chi connectivity index (χ0) is 13.0. The van der Waals surface area contributed by atoms with E-state index in [1.54, 1.807) is 5.56 Å². The van der Waals surface area contributed by atoms with Crippen LogP contribution >= 0.6 is 11.3 Å². The molecule has 98 valence electrons. The van der Waals surface area contributed by atoms with Crippen LogP contribution in [0.2, 0.25) is 0 Å². The van der Waals surface area contributed by atoms with Gasteiger partial charge in [0.1, 0.15) is 0 Å². The molecule has 0 aliphatic carbocycles. The van der Waals surface area contributed by atoms with Crippen molar-refractivity contribution in [2.75, 3.05) is 6.54 Å². The fourth-order valence-corrected chi connectivity index (χ4v) is 3.51. The summed E-state index contributed by atoms with van der Waals surface area (Å²) in [6.45, 7) is 8.95. The molecule has 0 atom stereocenters. The second-order valence-electron chi connectivity index (χ2n) is 5.27. The second kappa shape index (κ2) is 6.35. The van der Waals surface area contributed by atoms with Crippen LogP contribution in [-0.4, -0.2) is 6.54 Å². The van der Waals surface area contributed by atoms with Crippen LogP contribution in [0.1, 0.15) is 37.6 Å². The molecule has 1 N–H and O–H groups in total. The summed E-state index contributed by atoms with van der Waals surface area (Å²) in [5.74, 6) is 0.716. The molecule has 1 aromatic heterocycles. The van der Waals surface area contributed by atoms with E-state index < -0.39 is 0 Å². The monoisotopic (exact) mass is 261 g/mol. The van der Waals surface area contributed by atoms with Crippen molar-refractivity contribution in [3.8, 4) is 0 Å². The van der Waals surface area contributed by atoms with Crippen LogP contribution in [0.3, 0.4) is 0 Å². The van der Waals surface area contributed by atoms with Gasteiger partial charge in [-0.3, -0.25) is 0 Å². The van der Waals surface area contributed by atoms with E-state index in [-0.39, 0.29) is 0 Å². The highest BCUT2D eigenvalue weighted by atomic mass is 32.1. The summed E-state index contributed by atoms with van der Waals surface area (Å²) >= 11 is 1.95. The summed E-state index contributed by atoms with van der Waals surface area (Å²) in [7, 11) is 0. The van der Waals surface area contributed by atoms with Gasteiger partial charge in [-0.25, -0.2) is 0 Å². The molecule has 0 aliphatic rings. The predicted octanol–water partition coefficient (Wildman–Crippen LogP) is 4.60. The number of rotatable bonds is 6. The van der Waals surface area contributed by atoms with E-state index in [1.165, 1.54) is 27.8 Å². The van der Waals surface area contributed by atoms with Gasteiger partial charge in [-0.2, -0.15) is 0 Å². The molecule has 0 spiro atoms. The molecule has 2 aromatic rings. The predicted molar refractivity (Wildman–Crippen MR) is 82.4 cm³/mol. The lowest BCUT2D eigenvalue weighted by atomic mass is 10.00. The summed E-state index contributed by atoms with van der Waals surface area (Å²) < 4.78 is 1.43. The van der Waals surface area contributed by atoms with E-state index in [2.05, 4.69) is 50.4 Å². The summed E-state index contributed by atoms with van der Waals surface area (Å²) in [6.07, 6.45) is 2.39. The summed E-state index contributed by atoms with van der Waals surface area (Å²) in [5.41, 5.74) is 1.56. The van der Waals surface area contributed by atoms with Crippen molar-refractivity contribution in [3.05, 3.63) is 34.7 Å². The molecule has 0 unspecified atom stereocenters. The summed E-state index contributed by atoms with van der Waals surface area (Å²) in [6, 6.07) is 8.81. The van der Waals surface area contributed by atoms with E-state index in [1.807, 2.05) is 11.3 Å². The van der Waals surface area contributed by atoms with Crippen LogP contribution in [0.15, 0.2) is 24.3 Å². The van der Waals surface area contributed by atoms with Gasteiger partial charge in [0.25, 0.3) is 0 Å². The normalized spacial score (nSPS) is 11.6. The maximum atomic E-state index is 3.54. The highest BCUT2D eigenvalue weighted by Crippen LogP contribution is 2.32. The molecule has 2 rings (SSSR count). The Balaban J connectivity index is 2.30. The van der Waals surface area contributed by atoms with Crippen molar-refractivity contribution < 1.29 is 0 Å². The first-order valence-corrected chi connectivity index (χ1v) is 7.74. The molecule has 0 saturated carbocycles. The van der Waals surface area contributed by atoms with Crippen LogP contribution in [-0.2, 0) is 13.0 Å². The van der Waals surface area contributed by atoms with Gasteiger partial charge < -0.3 is 5.32 Å². The van der Waals surface area contributed by atoms with Crippen molar-refractivity contribution in [2.24, 2.45) is 5.92 Å². The lowest BCUT2D eigenvalue weighted by Gasteiger charge is -2.08. The third-order valence-corrected chi connectivity index (χ3v) is 4.32. The standard InChI is InChI=1S/C16H23NS/c1-4-9-17-11-16-14(10-12(2)3)13-7-5-6-8-15(13)18-16/h5-8,12,17H,4,9-11H2,1-3H3. The zero-order valence-corrected chi connectivity index (χ0v) is 12.4. The Kier molecular flexibility index (Phi) is 4.79. The van der Waals surface area contributed by atoms with Crippen molar-refractivity contribution in [1.29, 1.82) is 0 Å². The molecule has 1 aromatic carbocycles. The third-order valence-electron chi connectivity index (χ3n) is 3.11. The minimum atomic E-state index is 0.716. The smallest absolute Gasteiger partial charge is 0.0349 e. The van der Waals surface area contributed by atoms with Crippen LogP contribution in [0.4, 0.5) is 0 Å². The third kappa shape index (κ3) is 3.12. The quantitative estimate of drug-likeness (QED) is 0.749. The highest BCUT2D eigenvalue weighted by Gasteiger charge is 2.12. The largest absolute Gasteiger partial charge is 0.312 e. The highest BCUT2D eigenvalue weighted by molar-refractivity contribution is 7.19. The topological polar surface area (TPSA) is 12.0 Å². The molecule has 0 radical (unpaired) electrons. The van der Waals surface area contributed by atoms with Gasteiger partial charge in [-0.05, 0) is 42.3 Å². The van der Waals surface area contributed by atoms with Gasteiger partial charge in [0.2, 0.25) is 0 Å². The number of hydrogen-bond acceptors (Lipinski definition) is 2. The molecule has 1 heterocycles. The molecular weight excluding hydrogens is 238 g/mol. The van der Waals surface area contributed by atoms with Gasteiger partial charge in [-0.15, -0.1) is 11.3 Å². The van der Waals surface area contributed by atoms with E-state index in [4.69, 9.17) is 0 Å². The second-order valence-corrected chi connectivity index (χ2v) is 6.41. The SMILES string of the molecule is CCCNCc1sc2ccccc2c1CC(C)C. The van der Waals surface area contributed by atoms with Gasteiger partial charge in [0, 0.05) is 16.1 Å². The van der Waals surface area contributed by atoms with Crippen molar-refractivity contribution >= 4 is 21.4 Å². The maximum absolute atomic E-state index is 3.54. The maximum Gasteiger partial charge on any atom is 0.0349 e. The molecule has 2 heteroatoms. The van der Waals surface area contributed by atoms with Gasteiger partial charge in [0.15, 0.2) is 0 Å². The average Bonchev–Trinajstić information content (AvgIpc) is 2.68. The summed E-state index contributed by atoms with van der Waals surface area (Å²) in [4.78, 5) is 1.53. The Morgan fingerprint density at radius 2 is 2.00 bits per heavy atom. The fourth-order valence-electron chi connectivity index (χ4n) is 2.30. The summed E-state index contributed by atoms with van der Waals surface area (Å²) in [5, 5.41) is 5.00. The van der Waals surface area contributed by atoms with E-state index in [0.717, 1.165) is 13.1 Å². The van der Waals surface area contributed by atoms with E-state index in [0.29, 0.717) is 5.92 Å². The van der Waals surface area contributed by atoms with Gasteiger partial charge in [-0.1, -0.05) is 39.0 Å². The Morgan fingerprint density at radius 3 is 2.72 bits per heavy atom. The number of thiophene rings is 1. The zero-order valence-electron chi connectivity index (χ0n) is 11.6. The number of fused-ring (bicyclic) bond motifs is 1. The van der Waals surface area contributed by atoms with Crippen molar-refractivity contribution in [3.63, 3.8) is 0 Å². The van der Waals surface area contributed by atoms with Crippen LogP contribution < -0.4 is 5.32 Å². The van der Waals surface area contributed by atoms with Crippen LogP contribution in [0.5, 0.6) is 0 Å². The number of hydrogen-bond donors (Lipinski definition) is 1. The number of nitrogens with one attached hydrogen (secondary N) is 1. The molecule has 0 fully saturated rings. The van der Waals surface area contributed by atoms with Gasteiger partial charge in [0.05, 0.1) is 0 Å². The molecule has 0 aliphatic heterocycles. The van der Waals surface area contributed by atoms with Crippen LogP contribution in [0, 0.1) is 5.92 Å². The van der Waals surface area contributed by atoms with Crippen molar-refractivity contribution in [2.45, 2.75) is 40.2 Å². The Hall–Kier alpha value is -0.860. The fraction of sp³-hybridized carbons (Fsp3) is 0.500. The first-order valence-electron chi connectivity index (χ1n) is 6.92. The molecule has 18 heavy (non-hydrogen) atoms. The molecule has 0 saturated heterocycles. The van der Waals surface area contributed by atoms with E-state index in [9.17, 15) is 0 Å². The van der Waals surface area contributed by atoms with Crippen LogP contribution in [0.25, 0.3) is 10.1 Å². The molecule has 1 nitrogen and oxygen atoms in total. The Morgan fingerprint density at radius 1 is 1.22 bits per heavy atom. The lowest BCUT2D eigenvalue weighted by molar-refractivity contribution is 0.636. The molecular formula is C16H23NS. The Bertz CT molecular complexity index is 499. The van der Waals surface area contributed by atoms with E-state index >= 15 is 0 Å². The minimum Gasteiger partial charge on any atom is -0.312 e. The minimum absolute atomic E-state index is 0.716. The van der Waals surface area contributed by atoms with Crippen molar-refractivity contribution in [1.82, 2.24) is 5.32 Å². The molecule has 0 amide bonds. The first-order chi connectivity index (χ1) is 8.72. The first kappa shape index (κ1) is 13.6. The van der Waals surface area contributed by atoms with Gasteiger partial charge >= 0.3 is 0 Å². The molecule has 0 bridgehead atoms. The lowest BCUT2D eigenvalue weighted by Crippen LogP contribution is -2.14. The Labute approximate surface area is 114 Å². The average molecular weight is 261 g/mol. The number of benzene rings is 1.